The Morgan fingerprint density at radius 3 is 1.57 bits per heavy atom. The van der Waals surface area contributed by atoms with Crippen LogP contribution in [0.3, 0.4) is 0 Å². The highest BCUT2D eigenvalue weighted by Crippen LogP contribution is 2.24. The average molecular weight is 301 g/mol. The standard InChI is InChI=1S/C22H23N/c1-17-4-8-19(9-5-17)16-23(3)22-14-12-21(13-15-22)20-10-6-18(2)7-11-20/h4-15H,16H2,1-3H3. The summed E-state index contributed by atoms with van der Waals surface area (Å²) in [6.45, 7) is 5.16. The Labute approximate surface area is 139 Å². The summed E-state index contributed by atoms with van der Waals surface area (Å²) in [4.78, 5) is 2.28. The van der Waals surface area contributed by atoms with Crippen molar-refractivity contribution in [3.8, 4) is 11.1 Å². The van der Waals surface area contributed by atoms with Gasteiger partial charge in [0.05, 0.1) is 0 Å². The van der Waals surface area contributed by atoms with Gasteiger partial charge in [0.1, 0.15) is 0 Å². The topological polar surface area (TPSA) is 3.24 Å². The molecule has 0 fully saturated rings. The zero-order valence-corrected chi connectivity index (χ0v) is 14.1. The Kier molecular flexibility index (Phi) is 4.47. The molecular formula is C22H23N. The highest BCUT2D eigenvalue weighted by Gasteiger charge is 2.03. The third-order valence-corrected chi connectivity index (χ3v) is 4.23. The van der Waals surface area contributed by atoms with Crippen LogP contribution in [0.15, 0.2) is 72.8 Å². The van der Waals surface area contributed by atoms with Gasteiger partial charge in [0.15, 0.2) is 0 Å². The Morgan fingerprint density at radius 1 is 0.609 bits per heavy atom. The van der Waals surface area contributed by atoms with Crippen LogP contribution in [0.2, 0.25) is 0 Å². The van der Waals surface area contributed by atoms with Crippen molar-refractivity contribution in [2.75, 3.05) is 11.9 Å². The number of nitrogens with zero attached hydrogens (tertiary/aromatic N) is 1. The van der Waals surface area contributed by atoms with Crippen molar-refractivity contribution in [1.29, 1.82) is 0 Å². The molecule has 0 heterocycles. The number of hydrogen-bond donors (Lipinski definition) is 0. The molecule has 1 nitrogen and oxygen atoms in total. The summed E-state index contributed by atoms with van der Waals surface area (Å²) in [5, 5.41) is 0. The second-order valence-corrected chi connectivity index (χ2v) is 6.25. The summed E-state index contributed by atoms with van der Waals surface area (Å²) in [6.07, 6.45) is 0. The molecule has 23 heavy (non-hydrogen) atoms. The number of anilines is 1. The fraction of sp³-hybridized carbons (Fsp3) is 0.182. The molecule has 3 aromatic rings. The smallest absolute Gasteiger partial charge is 0.0426 e. The maximum Gasteiger partial charge on any atom is 0.0426 e. The quantitative estimate of drug-likeness (QED) is 0.605. The van der Waals surface area contributed by atoms with E-state index in [0.717, 1.165) is 6.54 Å². The highest BCUT2D eigenvalue weighted by atomic mass is 15.1. The molecule has 0 aliphatic heterocycles. The van der Waals surface area contributed by atoms with Crippen molar-refractivity contribution in [3.05, 3.63) is 89.5 Å². The normalized spacial score (nSPS) is 10.6. The lowest BCUT2D eigenvalue weighted by Crippen LogP contribution is -2.16. The molecule has 0 amide bonds. The van der Waals surface area contributed by atoms with Crippen LogP contribution in [-0.4, -0.2) is 7.05 Å². The van der Waals surface area contributed by atoms with Gasteiger partial charge in [-0.25, -0.2) is 0 Å². The maximum atomic E-state index is 2.28. The van der Waals surface area contributed by atoms with Crippen LogP contribution in [0.25, 0.3) is 11.1 Å². The van der Waals surface area contributed by atoms with Gasteiger partial charge >= 0.3 is 0 Å². The molecule has 0 bridgehead atoms. The molecular weight excluding hydrogens is 278 g/mol. The molecule has 3 rings (SSSR count). The summed E-state index contributed by atoms with van der Waals surface area (Å²) in [7, 11) is 2.14. The van der Waals surface area contributed by atoms with Crippen LogP contribution in [0.5, 0.6) is 0 Å². The molecule has 0 aliphatic carbocycles. The summed E-state index contributed by atoms with van der Waals surface area (Å²) >= 11 is 0. The van der Waals surface area contributed by atoms with E-state index in [9.17, 15) is 0 Å². The lowest BCUT2D eigenvalue weighted by atomic mass is 10.0. The number of hydrogen-bond acceptors (Lipinski definition) is 1. The van der Waals surface area contributed by atoms with E-state index in [4.69, 9.17) is 0 Å². The van der Waals surface area contributed by atoms with Crippen LogP contribution in [0, 0.1) is 13.8 Å². The van der Waals surface area contributed by atoms with Crippen LogP contribution in [0.1, 0.15) is 16.7 Å². The first kappa shape index (κ1) is 15.4. The van der Waals surface area contributed by atoms with E-state index in [1.807, 2.05) is 0 Å². The molecule has 1 heteroatoms. The molecule has 0 spiro atoms. The Morgan fingerprint density at radius 2 is 1.04 bits per heavy atom. The van der Waals surface area contributed by atoms with Gasteiger partial charge in [0, 0.05) is 19.3 Å². The molecule has 0 N–H and O–H groups in total. The van der Waals surface area contributed by atoms with Crippen molar-refractivity contribution in [2.24, 2.45) is 0 Å². The van der Waals surface area contributed by atoms with Gasteiger partial charge in [-0.05, 0) is 42.7 Å². The van der Waals surface area contributed by atoms with Crippen molar-refractivity contribution in [1.82, 2.24) is 0 Å². The third-order valence-electron chi connectivity index (χ3n) is 4.23. The zero-order valence-electron chi connectivity index (χ0n) is 14.1. The van der Waals surface area contributed by atoms with E-state index in [0.29, 0.717) is 0 Å². The molecule has 116 valence electrons. The minimum absolute atomic E-state index is 0.921. The van der Waals surface area contributed by atoms with Gasteiger partial charge in [0.25, 0.3) is 0 Å². The molecule has 0 aromatic heterocycles. The third kappa shape index (κ3) is 3.81. The van der Waals surface area contributed by atoms with Crippen LogP contribution in [0.4, 0.5) is 5.69 Å². The fourth-order valence-corrected chi connectivity index (χ4v) is 2.71. The van der Waals surface area contributed by atoms with Gasteiger partial charge < -0.3 is 4.90 Å². The first-order chi connectivity index (χ1) is 11.1. The highest BCUT2D eigenvalue weighted by molar-refractivity contribution is 5.66. The van der Waals surface area contributed by atoms with Crippen LogP contribution < -0.4 is 4.90 Å². The fourth-order valence-electron chi connectivity index (χ4n) is 2.71. The van der Waals surface area contributed by atoms with E-state index in [2.05, 4.69) is 98.6 Å². The van der Waals surface area contributed by atoms with Crippen LogP contribution in [-0.2, 0) is 6.54 Å². The summed E-state index contributed by atoms with van der Waals surface area (Å²) in [5.41, 5.74) is 7.70. The summed E-state index contributed by atoms with van der Waals surface area (Å²) in [5.74, 6) is 0. The summed E-state index contributed by atoms with van der Waals surface area (Å²) < 4.78 is 0. The van der Waals surface area contributed by atoms with Crippen molar-refractivity contribution in [3.63, 3.8) is 0 Å². The molecule has 3 aromatic carbocycles. The predicted octanol–water partition coefficient (Wildman–Crippen LogP) is 5.61. The van der Waals surface area contributed by atoms with Crippen molar-refractivity contribution in [2.45, 2.75) is 20.4 Å². The second kappa shape index (κ2) is 6.70. The van der Waals surface area contributed by atoms with Gasteiger partial charge in [-0.3, -0.25) is 0 Å². The molecule has 0 saturated carbocycles. The van der Waals surface area contributed by atoms with Crippen molar-refractivity contribution >= 4 is 5.69 Å². The minimum Gasteiger partial charge on any atom is -0.370 e. The van der Waals surface area contributed by atoms with Crippen LogP contribution >= 0.6 is 0 Å². The van der Waals surface area contributed by atoms with Crippen molar-refractivity contribution < 1.29 is 0 Å². The average Bonchev–Trinajstić information content (AvgIpc) is 2.58. The Balaban J connectivity index is 1.73. The minimum atomic E-state index is 0.921. The molecule has 0 radical (unpaired) electrons. The molecule has 0 unspecified atom stereocenters. The number of benzene rings is 3. The van der Waals surface area contributed by atoms with E-state index >= 15 is 0 Å². The van der Waals surface area contributed by atoms with E-state index < -0.39 is 0 Å². The Bertz CT molecular complexity index is 753. The van der Waals surface area contributed by atoms with E-state index in [1.54, 1.807) is 0 Å². The zero-order chi connectivity index (χ0) is 16.2. The van der Waals surface area contributed by atoms with Gasteiger partial charge in [0.2, 0.25) is 0 Å². The van der Waals surface area contributed by atoms with E-state index in [-0.39, 0.29) is 0 Å². The molecule has 0 aliphatic rings. The number of rotatable bonds is 4. The Hall–Kier alpha value is -2.54. The first-order valence-corrected chi connectivity index (χ1v) is 8.05. The van der Waals surface area contributed by atoms with Gasteiger partial charge in [-0.15, -0.1) is 0 Å². The van der Waals surface area contributed by atoms with Gasteiger partial charge in [-0.1, -0.05) is 71.8 Å². The largest absolute Gasteiger partial charge is 0.370 e. The first-order valence-electron chi connectivity index (χ1n) is 8.05. The predicted molar refractivity (Wildman–Crippen MR) is 99.9 cm³/mol. The second-order valence-electron chi connectivity index (χ2n) is 6.25. The number of aryl methyl sites for hydroxylation is 2. The molecule has 0 saturated heterocycles. The lowest BCUT2D eigenvalue weighted by Gasteiger charge is -2.20. The SMILES string of the molecule is Cc1ccc(CN(C)c2ccc(-c3ccc(C)cc3)cc2)cc1. The monoisotopic (exact) mass is 301 g/mol. The molecule has 0 atom stereocenters. The lowest BCUT2D eigenvalue weighted by molar-refractivity contribution is 0.922. The van der Waals surface area contributed by atoms with Gasteiger partial charge in [-0.2, -0.15) is 0 Å². The maximum absolute atomic E-state index is 2.28. The van der Waals surface area contributed by atoms with E-state index in [1.165, 1.54) is 33.5 Å². The summed E-state index contributed by atoms with van der Waals surface area (Å²) in [6, 6.07) is 26.2.